The van der Waals surface area contributed by atoms with E-state index in [4.69, 9.17) is 23.2 Å². The number of nitrogens with zero attached hydrogens (tertiary/aromatic N) is 2. The first-order valence-electron chi connectivity index (χ1n) is 11.9. The Morgan fingerprint density at radius 3 is 2.43 bits per heavy atom. The second-order valence-corrected chi connectivity index (χ2v) is 10.6. The lowest BCUT2D eigenvalue weighted by atomic mass is 10.1. The summed E-state index contributed by atoms with van der Waals surface area (Å²) in [7, 11) is 0. The summed E-state index contributed by atoms with van der Waals surface area (Å²) in [6.07, 6.45) is 1.15. The molecule has 37 heavy (non-hydrogen) atoms. The van der Waals surface area contributed by atoms with Gasteiger partial charge in [0, 0.05) is 5.69 Å². The summed E-state index contributed by atoms with van der Waals surface area (Å²) in [4.78, 5) is 28.5. The monoisotopic (exact) mass is 549 g/mol. The predicted octanol–water partition coefficient (Wildman–Crippen LogP) is 6.86. The van der Waals surface area contributed by atoms with E-state index in [1.807, 2.05) is 74.5 Å². The molecule has 1 aliphatic rings. The zero-order chi connectivity index (χ0) is 26.5. The van der Waals surface area contributed by atoms with E-state index in [2.05, 4.69) is 11.4 Å². The number of thioether (sulfide) groups is 1. The molecule has 188 valence electrons. The molecule has 2 atom stereocenters. The molecule has 0 aliphatic carbocycles. The van der Waals surface area contributed by atoms with Crippen molar-refractivity contribution in [3.05, 3.63) is 110 Å². The standard InChI is InChI=1S/C29H25Cl2N3O2S/c1-3-19-12-14-22(15-13-19)34-28(36)25(16-21-10-7-11-24(30)26(21)31)37-29(34)23(17-32)27(35)33-18(2)20-8-5-4-6-9-20/h4-15,18,25H,3,16H2,1-2H3,(H,33,35)/b29-23-. The van der Waals surface area contributed by atoms with E-state index in [-0.39, 0.29) is 17.5 Å². The van der Waals surface area contributed by atoms with Gasteiger partial charge in [0.2, 0.25) is 5.91 Å². The number of nitrogens with one attached hydrogen (secondary N) is 1. The molecule has 0 aromatic heterocycles. The fourth-order valence-electron chi connectivity index (χ4n) is 4.10. The van der Waals surface area contributed by atoms with Crippen LogP contribution in [0.2, 0.25) is 10.0 Å². The first-order chi connectivity index (χ1) is 17.8. The molecule has 4 rings (SSSR count). The Labute approximate surface area is 231 Å². The van der Waals surface area contributed by atoms with Gasteiger partial charge in [-0.2, -0.15) is 5.26 Å². The van der Waals surface area contributed by atoms with E-state index < -0.39 is 11.2 Å². The van der Waals surface area contributed by atoms with Crippen molar-refractivity contribution in [3.8, 4) is 6.07 Å². The molecule has 0 radical (unpaired) electrons. The van der Waals surface area contributed by atoms with Gasteiger partial charge in [0.05, 0.1) is 21.3 Å². The summed E-state index contributed by atoms with van der Waals surface area (Å²) in [6, 6.07) is 24.1. The van der Waals surface area contributed by atoms with Gasteiger partial charge < -0.3 is 5.32 Å². The van der Waals surface area contributed by atoms with Crippen LogP contribution < -0.4 is 10.2 Å². The van der Waals surface area contributed by atoms with Crippen molar-refractivity contribution in [1.29, 1.82) is 5.26 Å². The van der Waals surface area contributed by atoms with Crippen LogP contribution in [-0.4, -0.2) is 17.1 Å². The van der Waals surface area contributed by atoms with E-state index in [9.17, 15) is 14.9 Å². The minimum atomic E-state index is -0.584. The first-order valence-corrected chi connectivity index (χ1v) is 13.5. The van der Waals surface area contributed by atoms with Gasteiger partial charge in [0.15, 0.2) is 0 Å². The van der Waals surface area contributed by atoms with Crippen LogP contribution >= 0.6 is 35.0 Å². The van der Waals surface area contributed by atoms with Crippen LogP contribution in [0.5, 0.6) is 0 Å². The van der Waals surface area contributed by atoms with Gasteiger partial charge in [0.25, 0.3) is 5.91 Å². The highest BCUT2D eigenvalue weighted by Crippen LogP contribution is 2.43. The second-order valence-electron chi connectivity index (χ2n) is 8.61. The molecular weight excluding hydrogens is 525 g/mol. The second kappa shape index (κ2) is 11.9. The lowest BCUT2D eigenvalue weighted by Gasteiger charge is -2.20. The molecule has 1 N–H and O–H groups in total. The molecule has 8 heteroatoms. The van der Waals surface area contributed by atoms with Crippen LogP contribution in [0.1, 0.15) is 36.6 Å². The fraction of sp³-hybridized carbons (Fsp3) is 0.207. The number of carbonyl (C=O) groups excluding carboxylic acids is 2. The summed E-state index contributed by atoms with van der Waals surface area (Å²) in [5.74, 6) is -0.761. The number of halogens is 2. The Balaban J connectivity index is 1.72. The van der Waals surface area contributed by atoms with Crippen molar-refractivity contribution in [3.63, 3.8) is 0 Å². The number of amides is 2. The lowest BCUT2D eigenvalue weighted by Crippen LogP contribution is -2.33. The number of nitriles is 1. The Morgan fingerprint density at radius 2 is 1.78 bits per heavy atom. The van der Waals surface area contributed by atoms with Crippen molar-refractivity contribution in [2.45, 2.75) is 38.0 Å². The van der Waals surface area contributed by atoms with E-state index >= 15 is 0 Å². The third kappa shape index (κ3) is 5.86. The molecule has 0 bridgehead atoms. The van der Waals surface area contributed by atoms with E-state index in [0.29, 0.717) is 27.2 Å². The molecule has 1 heterocycles. The molecule has 1 fully saturated rings. The average molecular weight is 551 g/mol. The van der Waals surface area contributed by atoms with Crippen molar-refractivity contribution < 1.29 is 9.59 Å². The SMILES string of the molecule is CCc1ccc(N2C(=O)C(Cc3cccc(Cl)c3Cl)S/C2=C(/C#N)C(=O)NC(C)c2ccccc2)cc1. The molecule has 2 amide bonds. The molecule has 2 unspecified atom stereocenters. The molecule has 0 spiro atoms. The highest BCUT2D eigenvalue weighted by atomic mass is 35.5. The highest BCUT2D eigenvalue weighted by Gasteiger charge is 2.41. The molecular formula is C29H25Cl2N3O2S. The van der Waals surface area contributed by atoms with Crippen LogP contribution in [0.3, 0.4) is 0 Å². The minimum absolute atomic E-state index is 0.111. The van der Waals surface area contributed by atoms with Crippen molar-refractivity contribution in [1.82, 2.24) is 5.32 Å². The summed E-state index contributed by atoms with van der Waals surface area (Å²) in [5.41, 5.74) is 3.24. The predicted molar refractivity (Wildman–Crippen MR) is 150 cm³/mol. The van der Waals surface area contributed by atoms with E-state index in [0.717, 1.165) is 23.1 Å². The topological polar surface area (TPSA) is 73.2 Å². The lowest BCUT2D eigenvalue weighted by molar-refractivity contribution is -0.117. The van der Waals surface area contributed by atoms with Crippen LogP contribution in [-0.2, 0) is 22.4 Å². The number of anilines is 1. The van der Waals surface area contributed by atoms with Gasteiger partial charge in [-0.3, -0.25) is 14.5 Å². The Hall–Kier alpha value is -3.24. The molecule has 1 aliphatic heterocycles. The Bertz CT molecular complexity index is 1380. The van der Waals surface area contributed by atoms with Crippen LogP contribution in [0.15, 0.2) is 83.4 Å². The van der Waals surface area contributed by atoms with Gasteiger partial charge in [-0.1, -0.05) is 96.5 Å². The zero-order valence-electron chi connectivity index (χ0n) is 20.4. The third-order valence-electron chi connectivity index (χ3n) is 6.19. The van der Waals surface area contributed by atoms with E-state index in [1.165, 1.54) is 16.7 Å². The number of aryl methyl sites for hydroxylation is 1. The molecule has 3 aromatic carbocycles. The number of hydrogen-bond acceptors (Lipinski definition) is 4. The maximum atomic E-state index is 13.7. The van der Waals surface area contributed by atoms with Gasteiger partial charge in [-0.25, -0.2) is 0 Å². The number of carbonyl (C=O) groups is 2. The zero-order valence-corrected chi connectivity index (χ0v) is 22.7. The fourth-order valence-corrected chi connectivity index (χ4v) is 5.80. The molecule has 0 saturated carbocycles. The normalized spacial score (nSPS) is 17.3. The summed E-state index contributed by atoms with van der Waals surface area (Å²) in [6.45, 7) is 3.90. The maximum absolute atomic E-state index is 13.7. The average Bonchev–Trinajstić information content (AvgIpc) is 3.22. The van der Waals surface area contributed by atoms with Gasteiger partial charge >= 0.3 is 0 Å². The van der Waals surface area contributed by atoms with Gasteiger partial charge in [-0.15, -0.1) is 0 Å². The quantitative estimate of drug-likeness (QED) is 0.258. The minimum Gasteiger partial charge on any atom is -0.345 e. The molecule has 3 aromatic rings. The van der Waals surface area contributed by atoms with Crippen molar-refractivity contribution >= 4 is 52.5 Å². The maximum Gasteiger partial charge on any atom is 0.265 e. The number of benzene rings is 3. The smallest absolute Gasteiger partial charge is 0.265 e. The molecule has 5 nitrogen and oxygen atoms in total. The van der Waals surface area contributed by atoms with Gasteiger partial charge in [-0.05, 0) is 54.7 Å². The summed E-state index contributed by atoms with van der Waals surface area (Å²) in [5, 5.41) is 13.5. The first kappa shape index (κ1) is 26.8. The number of hydrogen-bond donors (Lipinski definition) is 1. The van der Waals surface area contributed by atoms with Gasteiger partial charge in [0.1, 0.15) is 16.7 Å². The Kier molecular flexibility index (Phi) is 8.60. The third-order valence-corrected chi connectivity index (χ3v) is 8.31. The van der Waals surface area contributed by atoms with Crippen molar-refractivity contribution in [2.24, 2.45) is 0 Å². The Morgan fingerprint density at radius 1 is 1.08 bits per heavy atom. The van der Waals surface area contributed by atoms with Crippen LogP contribution in [0, 0.1) is 11.3 Å². The van der Waals surface area contributed by atoms with Crippen LogP contribution in [0.4, 0.5) is 5.69 Å². The highest BCUT2D eigenvalue weighted by molar-refractivity contribution is 8.05. The van der Waals surface area contributed by atoms with Crippen molar-refractivity contribution in [2.75, 3.05) is 4.90 Å². The largest absolute Gasteiger partial charge is 0.345 e. The molecule has 1 saturated heterocycles. The summed E-state index contributed by atoms with van der Waals surface area (Å²) >= 11 is 13.8. The van der Waals surface area contributed by atoms with Crippen LogP contribution in [0.25, 0.3) is 0 Å². The summed E-state index contributed by atoms with van der Waals surface area (Å²) < 4.78 is 0. The number of rotatable bonds is 7. The van der Waals surface area contributed by atoms with E-state index in [1.54, 1.807) is 12.1 Å².